The summed E-state index contributed by atoms with van der Waals surface area (Å²) in [7, 11) is 1.55. The molecule has 2 atom stereocenters. The minimum Gasteiger partial charge on any atom is -0.495 e. The molecule has 2 aliphatic rings. The van der Waals surface area contributed by atoms with Crippen LogP contribution in [0, 0.1) is 0 Å². The first-order chi connectivity index (χ1) is 18.0. The maximum atomic E-state index is 13.5. The Kier molecular flexibility index (Phi) is 8.60. The van der Waals surface area contributed by atoms with Crippen molar-refractivity contribution in [1.29, 1.82) is 0 Å². The third-order valence-electron chi connectivity index (χ3n) is 6.05. The number of aliphatic imine (C=N–C) groups is 2. The number of fused-ring (bicyclic) bond motifs is 3. The molecule has 9 nitrogen and oxygen atoms in total. The second-order valence-electron chi connectivity index (χ2n) is 8.67. The van der Waals surface area contributed by atoms with E-state index >= 15 is 0 Å². The fourth-order valence-electron chi connectivity index (χ4n) is 4.08. The highest BCUT2D eigenvalue weighted by Gasteiger charge is 2.43. The topological polar surface area (TPSA) is 112 Å². The van der Waals surface area contributed by atoms with Gasteiger partial charge in [0.2, 0.25) is 11.8 Å². The van der Waals surface area contributed by atoms with E-state index in [1.54, 1.807) is 19.2 Å². The van der Waals surface area contributed by atoms with Crippen molar-refractivity contribution in [1.82, 2.24) is 10.2 Å². The van der Waals surface area contributed by atoms with Crippen molar-refractivity contribution < 1.29 is 19.1 Å². The zero-order chi connectivity index (χ0) is 26.4. The zero-order valence-electron chi connectivity index (χ0n) is 21.2. The van der Waals surface area contributed by atoms with Crippen molar-refractivity contribution in [2.45, 2.75) is 50.8 Å². The molecule has 2 heterocycles. The first-order valence-corrected chi connectivity index (χ1v) is 13.3. The molecule has 37 heavy (non-hydrogen) atoms. The van der Waals surface area contributed by atoms with Gasteiger partial charge in [0.1, 0.15) is 17.6 Å². The molecule has 2 aromatic rings. The number of carbonyl (C=O) groups excluding carboxylic acids is 3. The minimum atomic E-state index is -0.837. The van der Waals surface area contributed by atoms with Crippen LogP contribution >= 0.6 is 11.8 Å². The van der Waals surface area contributed by atoms with Crippen LogP contribution in [0.25, 0.3) is 0 Å². The van der Waals surface area contributed by atoms with Gasteiger partial charge in [0.15, 0.2) is 5.17 Å². The summed E-state index contributed by atoms with van der Waals surface area (Å²) in [4.78, 5) is 49.9. The van der Waals surface area contributed by atoms with E-state index in [9.17, 15) is 14.4 Å². The van der Waals surface area contributed by atoms with Gasteiger partial charge in [0.05, 0.1) is 30.2 Å². The van der Waals surface area contributed by atoms with Gasteiger partial charge in [-0.25, -0.2) is 9.89 Å². The molecule has 2 aliphatic heterocycles. The minimum absolute atomic E-state index is 0.0336. The van der Waals surface area contributed by atoms with Gasteiger partial charge in [0.25, 0.3) is 5.91 Å². The van der Waals surface area contributed by atoms with E-state index < -0.39 is 11.3 Å². The number of amides is 3. The fourth-order valence-corrected chi connectivity index (χ4v) is 5.10. The molecular weight excluding hydrogens is 490 g/mol. The average molecular weight is 522 g/mol. The van der Waals surface area contributed by atoms with Gasteiger partial charge < -0.3 is 15.4 Å². The normalized spacial score (nSPS) is 16.8. The van der Waals surface area contributed by atoms with Crippen molar-refractivity contribution in [3.63, 3.8) is 0 Å². The van der Waals surface area contributed by atoms with Gasteiger partial charge in [-0.1, -0.05) is 56.3 Å². The summed E-state index contributed by atoms with van der Waals surface area (Å²) >= 11 is 1.21. The molecule has 10 heteroatoms. The molecule has 2 aromatic carbocycles. The number of amidine groups is 2. The van der Waals surface area contributed by atoms with E-state index in [0.717, 1.165) is 18.4 Å². The lowest BCUT2D eigenvalue weighted by Gasteiger charge is -2.27. The number of benzene rings is 2. The molecule has 0 bridgehead atoms. The second kappa shape index (κ2) is 12.1. The van der Waals surface area contributed by atoms with E-state index in [1.807, 2.05) is 50.2 Å². The molecule has 0 fully saturated rings. The number of hydrogen-bond donors (Lipinski definition) is 2. The van der Waals surface area contributed by atoms with Crippen LogP contribution in [-0.2, 0) is 14.4 Å². The lowest BCUT2D eigenvalue weighted by molar-refractivity contribution is -0.128. The highest BCUT2D eigenvalue weighted by molar-refractivity contribution is 8.15. The Morgan fingerprint density at radius 2 is 1.89 bits per heavy atom. The number of hydrogen-bond acceptors (Lipinski definition) is 7. The summed E-state index contributed by atoms with van der Waals surface area (Å²) in [5.74, 6) is 0.267. The number of carbonyl (C=O) groups is 3. The number of unbranched alkanes of at least 4 members (excludes halogenated alkanes) is 1. The Hall–Kier alpha value is -3.66. The first kappa shape index (κ1) is 26.4. The summed E-state index contributed by atoms with van der Waals surface area (Å²) in [6, 6.07) is 13.8. The Morgan fingerprint density at radius 3 is 2.65 bits per heavy atom. The SMILES string of the molecule is CCCCNC(=O)CC1N=C2c3ccccc3N=C(SC(CC)C(=O)Nc3ccccc3OC)N2C1=O. The molecule has 4 rings (SSSR count). The zero-order valence-corrected chi connectivity index (χ0v) is 22.0. The molecule has 2 N–H and O–H groups in total. The third-order valence-corrected chi connectivity index (χ3v) is 7.37. The number of para-hydroxylation sites is 3. The Morgan fingerprint density at radius 1 is 1.14 bits per heavy atom. The predicted molar refractivity (Wildman–Crippen MR) is 147 cm³/mol. The van der Waals surface area contributed by atoms with Crippen molar-refractivity contribution in [3.05, 3.63) is 54.1 Å². The standard InChI is InChI=1S/C27H31N5O4S/c1-4-6-15-28-23(33)16-20-26(35)32-24(29-20)17-11-7-8-12-18(17)31-27(32)37-22(5-2)25(34)30-19-13-9-10-14-21(19)36-3/h7-14,20,22H,4-6,15-16H2,1-3H3,(H,28,33)(H,30,34). The quantitative estimate of drug-likeness (QED) is 0.457. The van der Waals surface area contributed by atoms with Crippen LogP contribution in [0.3, 0.4) is 0 Å². The van der Waals surface area contributed by atoms with Gasteiger partial charge in [-0.05, 0) is 37.1 Å². The molecule has 0 saturated carbocycles. The molecule has 194 valence electrons. The van der Waals surface area contributed by atoms with Crippen LogP contribution in [0.15, 0.2) is 58.5 Å². The van der Waals surface area contributed by atoms with Crippen molar-refractivity contribution in [2.24, 2.45) is 9.98 Å². The van der Waals surface area contributed by atoms with Crippen LogP contribution in [-0.4, -0.2) is 58.6 Å². The maximum Gasteiger partial charge on any atom is 0.259 e. The van der Waals surface area contributed by atoms with E-state index in [-0.39, 0.29) is 24.1 Å². The Labute approximate surface area is 220 Å². The lowest BCUT2D eigenvalue weighted by atomic mass is 10.1. The molecule has 0 aliphatic carbocycles. The van der Waals surface area contributed by atoms with Crippen molar-refractivity contribution >= 4 is 51.9 Å². The Balaban J connectivity index is 1.56. The summed E-state index contributed by atoms with van der Waals surface area (Å²) in [6.07, 6.45) is 2.31. The van der Waals surface area contributed by atoms with E-state index in [2.05, 4.69) is 15.6 Å². The van der Waals surface area contributed by atoms with Crippen molar-refractivity contribution in [3.8, 4) is 5.75 Å². The number of nitrogens with zero attached hydrogens (tertiary/aromatic N) is 3. The first-order valence-electron chi connectivity index (χ1n) is 12.4. The second-order valence-corrected chi connectivity index (χ2v) is 9.84. The maximum absolute atomic E-state index is 13.5. The summed E-state index contributed by atoms with van der Waals surface area (Å²) < 4.78 is 5.35. The van der Waals surface area contributed by atoms with Gasteiger partial charge in [-0.2, -0.15) is 0 Å². The number of nitrogens with one attached hydrogen (secondary N) is 2. The van der Waals surface area contributed by atoms with Gasteiger partial charge >= 0.3 is 0 Å². The highest BCUT2D eigenvalue weighted by Crippen LogP contribution is 2.36. The number of rotatable bonds is 10. The molecule has 2 unspecified atom stereocenters. The van der Waals surface area contributed by atoms with Crippen molar-refractivity contribution in [2.75, 3.05) is 19.0 Å². The van der Waals surface area contributed by atoms with Crippen LogP contribution in [0.5, 0.6) is 5.75 Å². The van der Waals surface area contributed by atoms with Crippen LogP contribution in [0.2, 0.25) is 0 Å². The summed E-state index contributed by atoms with van der Waals surface area (Å²) in [5.41, 5.74) is 1.96. The average Bonchev–Trinajstić information content (AvgIpc) is 3.23. The van der Waals surface area contributed by atoms with Gasteiger partial charge in [-0.3, -0.25) is 19.4 Å². The number of ether oxygens (including phenoxy) is 1. The molecule has 0 saturated heterocycles. The number of methoxy groups -OCH3 is 1. The van der Waals surface area contributed by atoms with E-state index in [0.29, 0.717) is 41.1 Å². The highest BCUT2D eigenvalue weighted by atomic mass is 32.2. The van der Waals surface area contributed by atoms with Crippen LogP contribution in [0.4, 0.5) is 11.4 Å². The number of thioether (sulfide) groups is 1. The third kappa shape index (κ3) is 5.85. The van der Waals surface area contributed by atoms with Gasteiger partial charge in [-0.15, -0.1) is 0 Å². The lowest BCUT2D eigenvalue weighted by Crippen LogP contribution is -2.43. The molecule has 0 radical (unpaired) electrons. The Bertz CT molecular complexity index is 1240. The molecule has 3 amide bonds. The smallest absolute Gasteiger partial charge is 0.259 e. The van der Waals surface area contributed by atoms with Crippen LogP contribution < -0.4 is 15.4 Å². The molecule has 0 aromatic heterocycles. The molecular formula is C27H31N5O4S. The molecule has 0 spiro atoms. The number of anilines is 1. The predicted octanol–water partition coefficient (Wildman–Crippen LogP) is 4.11. The van der Waals surface area contributed by atoms with E-state index in [1.165, 1.54) is 16.7 Å². The van der Waals surface area contributed by atoms with Gasteiger partial charge in [0, 0.05) is 12.1 Å². The largest absolute Gasteiger partial charge is 0.495 e. The van der Waals surface area contributed by atoms with Crippen LogP contribution in [0.1, 0.15) is 45.1 Å². The summed E-state index contributed by atoms with van der Waals surface area (Å²) in [6.45, 7) is 4.52. The van der Waals surface area contributed by atoms with E-state index in [4.69, 9.17) is 9.73 Å². The summed E-state index contributed by atoms with van der Waals surface area (Å²) in [5, 5.41) is 5.62. The fraction of sp³-hybridized carbons (Fsp3) is 0.370. The monoisotopic (exact) mass is 521 g/mol.